The van der Waals surface area contributed by atoms with Gasteiger partial charge in [-0.05, 0) is 54.7 Å². The van der Waals surface area contributed by atoms with Gasteiger partial charge in [-0.1, -0.05) is 13.8 Å². The second kappa shape index (κ2) is 8.15. The molecule has 1 aliphatic rings. The Balaban J connectivity index is 1.65. The Labute approximate surface area is 163 Å². The molecule has 2 amide bonds. The molecule has 2 aromatic rings. The Kier molecular flexibility index (Phi) is 5.85. The zero-order chi connectivity index (χ0) is 20.3. The van der Waals surface area contributed by atoms with Crippen LogP contribution in [0.3, 0.4) is 0 Å². The highest BCUT2D eigenvalue weighted by Gasteiger charge is 2.31. The molecule has 0 spiro atoms. The second-order valence-electron chi connectivity index (χ2n) is 7.18. The molecule has 150 valence electrons. The average molecular weight is 405 g/mol. The van der Waals surface area contributed by atoms with Crippen molar-refractivity contribution in [3.05, 3.63) is 54.0 Å². The zero-order valence-electron chi connectivity index (χ0n) is 15.7. The van der Waals surface area contributed by atoms with E-state index in [1.165, 1.54) is 40.9 Å². The SMILES string of the molecule is C[C@@H]1C[C@H](C)CN(S(=O)(=O)c2ccc(C(=O)NNC(=O)c3ccco3)cc2)C1. The summed E-state index contributed by atoms with van der Waals surface area (Å²) in [6.45, 7) is 5.08. The van der Waals surface area contributed by atoms with Crippen LogP contribution in [0, 0.1) is 11.8 Å². The lowest BCUT2D eigenvalue weighted by molar-refractivity contribution is 0.0831. The fraction of sp³-hybridized carbons (Fsp3) is 0.368. The summed E-state index contributed by atoms with van der Waals surface area (Å²) in [5, 5.41) is 0. The standard InChI is InChI=1S/C19H23N3O5S/c1-13-10-14(2)12-22(11-13)28(25,26)16-7-5-15(6-8-16)18(23)20-21-19(24)17-4-3-9-27-17/h3-9,13-14H,10-12H2,1-2H3,(H,20,23)(H,21,24)/t13-,14+. The van der Waals surface area contributed by atoms with E-state index in [1.807, 2.05) is 13.8 Å². The molecule has 1 aromatic heterocycles. The van der Waals surface area contributed by atoms with Crippen molar-refractivity contribution in [2.45, 2.75) is 25.2 Å². The first-order chi connectivity index (χ1) is 13.3. The highest BCUT2D eigenvalue weighted by Crippen LogP contribution is 2.26. The molecular formula is C19H23N3O5S. The highest BCUT2D eigenvalue weighted by molar-refractivity contribution is 7.89. The van der Waals surface area contributed by atoms with E-state index in [9.17, 15) is 18.0 Å². The van der Waals surface area contributed by atoms with E-state index in [0.717, 1.165) is 6.42 Å². The molecular weight excluding hydrogens is 382 g/mol. The molecule has 1 saturated heterocycles. The van der Waals surface area contributed by atoms with E-state index in [0.29, 0.717) is 24.9 Å². The van der Waals surface area contributed by atoms with Gasteiger partial charge in [0.05, 0.1) is 11.2 Å². The first-order valence-corrected chi connectivity index (χ1v) is 10.5. The van der Waals surface area contributed by atoms with Gasteiger partial charge in [-0.15, -0.1) is 0 Å². The Hall–Kier alpha value is -2.65. The number of nitrogens with zero attached hydrogens (tertiary/aromatic N) is 1. The molecule has 1 fully saturated rings. The quantitative estimate of drug-likeness (QED) is 0.757. The number of furan rings is 1. The van der Waals surface area contributed by atoms with Gasteiger partial charge in [0.25, 0.3) is 5.91 Å². The van der Waals surface area contributed by atoms with Crippen molar-refractivity contribution < 1.29 is 22.4 Å². The van der Waals surface area contributed by atoms with Crippen LogP contribution < -0.4 is 10.9 Å². The van der Waals surface area contributed by atoms with Crippen LogP contribution in [0.5, 0.6) is 0 Å². The summed E-state index contributed by atoms with van der Waals surface area (Å²) in [6, 6.07) is 8.66. The molecule has 2 atom stereocenters. The van der Waals surface area contributed by atoms with Crippen LogP contribution in [0.2, 0.25) is 0 Å². The lowest BCUT2D eigenvalue weighted by atomic mass is 9.94. The third kappa shape index (κ3) is 4.42. The zero-order valence-corrected chi connectivity index (χ0v) is 16.5. The van der Waals surface area contributed by atoms with E-state index >= 15 is 0 Å². The Morgan fingerprint density at radius 2 is 1.61 bits per heavy atom. The minimum absolute atomic E-state index is 0.0618. The maximum Gasteiger partial charge on any atom is 0.305 e. The summed E-state index contributed by atoms with van der Waals surface area (Å²) in [6.07, 6.45) is 2.36. The topological polar surface area (TPSA) is 109 Å². The number of benzene rings is 1. The lowest BCUT2D eigenvalue weighted by Gasteiger charge is -2.34. The smallest absolute Gasteiger partial charge is 0.305 e. The predicted molar refractivity (Wildman–Crippen MR) is 102 cm³/mol. The first-order valence-electron chi connectivity index (χ1n) is 9.01. The third-order valence-electron chi connectivity index (χ3n) is 4.62. The van der Waals surface area contributed by atoms with Crippen molar-refractivity contribution in [3.8, 4) is 0 Å². The van der Waals surface area contributed by atoms with E-state index in [1.54, 1.807) is 6.07 Å². The number of nitrogens with one attached hydrogen (secondary N) is 2. The van der Waals surface area contributed by atoms with E-state index in [-0.39, 0.29) is 16.2 Å². The van der Waals surface area contributed by atoms with Gasteiger partial charge in [0.1, 0.15) is 0 Å². The molecule has 8 nitrogen and oxygen atoms in total. The van der Waals surface area contributed by atoms with Crippen molar-refractivity contribution >= 4 is 21.8 Å². The van der Waals surface area contributed by atoms with Gasteiger partial charge in [-0.25, -0.2) is 8.42 Å². The Morgan fingerprint density at radius 1 is 1.00 bits per heavy atom. The third-order valence-corrected chi connectivity index (χ3v) is 6.47. The van der Waals surface area contributed by atoms with Gasteiger partial charge < -0.3 is 4.42 Å². The number of carbonyl (C=O) groups is 2. The minimum Gasteiger partial charge on any atom is -0.459 e. The van der Waals surface area contributed by atoms with E-state index in [2.05, 4.69) is 10.9 Å². The molecule has 1 aliphatic heterocycles. The second-order valence-corrected chi connectivity index (χ2v) is 9.12. The number of carbonyl (C=O) groups excluding carboxylic acids is 2. The summed E-state index contributed by atoms with van der Waals surface area (Å²) in [5.41, 5.74) is 4.71. The van der Waals surface area contributed by atoms with Crippen molar-refractivity contribution in [2.24, 2.45) is 11.8 Å². The van der Waals surface area contributed by atoms with Gasteiger partial charge in [0.15, 0.2) is 5.76 Å². The first kappa shape index (κ1) is 20.1. The number of hydrogen-bond donors (Lipinski definition) is 2. The summed E-state index contributed by atoms with van der Waals surface area (Å²) in [4.78, 5) is 24.0. The average Bonchev–Trinajstić information content (AvgIpc) is 3.20. The Bertz CT molecular complexity index is 928. The van der Waals surface area contributed by atoms with Crippen LogP contribution >= 0.6 is 0 Å². The van der Waals surface area contributed by atoms with Crippen molar-refractivity contribution in [3.63, 3.8) is 0 Å². The van der Waals surface area contributed by atoms with E-state index < -0.39 is 21.8 Å². The van der Waals surface area contributed by atoms with Crippen LogP contribution in [0.25, 0.3) is 0 Å². The van der Waals surface area contributed by atoms with Gasteiger partial charge in [-0.3, -0.25) is 20.4 Å². The van der Waals surface area contributed by atoms with Crippen LogP contribution in [-0.2, 0) is 10.0 Å². The van der Waals surface area contributed by atoms with E-state index in [4.69, 9.17) is 4.42 Å². The number of hydrazine groups is 1. The lowest BCUT2D eigenvalue weighted by Crippen LogP contribution is -2.42. The molecule has 0 radical (unpaired) electrons. The molecule has 2 heterocycles. The van der Waals surface area contributed by atoms with Gasteiger partial charge in [-0.2, -0.15) is 4.31 Å². The van der Waals surface area contributed by atoms with Crippen LogP contribution in [0.15, 0.2) is 52.0 Å². The number of amides is 2. The molecule has 2 N–H and O–H groups in total. The largest absolute Gasteiger partial charge is 0.459 e. The molecule has 9 heteroatoms. The highest BCUT2D eigenvalue weighted by atomic mass is 32.2. The number of hydrogen-bond acceptors (Lipinski definition) is 5. The molecule has 0 unspecified atom stereocenters. The normalized spacial score (nSPS) is 20.5. The predicted octanol–water partition coefficient (Wildman–Crippen LogP) is 2.02. The van der Waals surface area contributed by atoms with Crippen molar-refractivity contribution in [2.75, 3.05) is 13.1 Å². The van der Waals surface area contributed by atoms with Gasteiger partial charge in [0.2, 0.25) is 10.0 Å². The monoisotopic (exact) mass is 405 g/mol. The summed E-state index contributed by atoms with van der Waals surface area (Å²) in [7, 11) is -3.61. The van der Waals surface area contributed by atoms with Gasteiger partial charge in [0, 0.05) is 18.7 Å². The van der Waals surface area contributed by atoms with Crippen LogP contribution in [0.4, 0.5) is 0 Å². The summed E-state index contributed by atoms with van der Waals surface area (Å²) in [5.74, 6) is -0.482. The molecule has 1 aromatic carbocycles. The Morgan fingerprint density at radius 3 is 2.18 bits per heavy atom. The fourth-order valence-corrected chi connectivity index (χ4v) is 5.06. The van der Waals surface area contributed by atoms with Crippen LogP contribution in [-0.4, -0.2) is 37.6 Å². The molecule has 0 saturated carbocycles. The number of rotatable bonds is 4. The maximum atomic E-state index is 12.9. The summed E-state index contributed by atoms with van der Waals surface area (Å²) < 4.78 is 32.2. The minimum atomic E-state index is -3.61. The summed E-state index contributed by atoms with van der Waals surface area (Å²) >= 11 is 0. The fourth-order valence-electron chi connectivity index (χ4n) is 3.38. The molecule has 0 aliphatic carbocycles. The molecule has 0 bridgehead atoms. The molecule has 28 heavy (non-hydrogen) atoms. The van der Waals surface area contributed by atoms with Crippen LogP contribution in [0.1, 0.15) is 41.2 Å². The molecule has 3 rings (SSSR count). The maximum absolute atomic E-state index is 12.9. The number of piperidine rings is 1. The van der Waals surface area contributed by atoms with Gasteiger partial charge >= 0.3 is 5.91 Å². The van der Waals surface area contributed by atoms with Crippen molar-refractivity contribution in [1.29, 1.82) is 0 Å². The van der Waals surface area contributed by atoms with Crippen molar-refractivity contribution in [1.82, 2.24) is 15.2 Å². The number of sulfonamides is 1.